The number of aliphatic hydroxyl groups excluding tert-OH is 1. The Kier molecular flexibility index (Phi) is 6.78. The van der Waals surface area contributed by atoms with Crippen LogP contribution in [0.1, 0.15) is 11.1 Å². The van der Waals surface area contributed by atoms with Gasteiger partial charge in [0.1, 0.15) is 5.75 Å². The zero-order chi connectivity index (χ0) is 17.4. The Bertz CT molecular complexity index is 711. The normalized spacial score (nSPS) is 12.8. The molecule has 0 saturated heterocycles. The molecule has 0 unspecified atom stereocenters. The minimum absolute atomic E-state index is 0.0277. The summed E-state index contributed by atoms with van der Waals surface area (Å²) < 4.78 is 34.6. The SMILES string of the molecule is COc1ccc(COC[C@H](O)CS(=O)(=O)Cc2ccccc2)cc1. The number of sulfone groups is 1. The van der Waals surface area contributed by atoms with Gasteiger partial charge in [0.2, 0.25) is 0 Å². The second-order valence-corrected chi connectivity index (χ2v) is 7.67. The molecule has 0 amide bonds. The highest BCUT2D eigenvalue weighted by atomic mass is 32.2. The summed E-state index contributed by atoms with van der Waals surface area (Å²) in [4.78, 5) is 0. The number of aliphatic hydroxyl groups is 1. The largest absolute Gasteiger partial charge is 0.497 e. The van der Waals surface area contributed by atoms with Crippen molar-refractivity contribution in [3.05, 3.63) is 65.7 Å². The van der Waals surface area contributed by atoms with Gasteiger partial charge in [-0.05, 0) is 23.3 Å². The third-order valence-electron chi connectivity index (χ3n) is 3.41. The van der Waals surface area contributed by atoms with Crippen molar-refractivity contribution in [1.29, 1.82) is 0 Å². The first kappa shape index (κ1) is 18.4. The molecule has 1 atom stereocenters. The highest BCUT2D eigenvalue weighted by Crippen LogP contribution is 2.12. The molecule has 0 aromatic heterocycles. The predicted molar refractivity (Wildman–Crippen MR) is 92.6 cm³/mol. The lowest BCUT2D eigenvalue weighted by atomic mass is 10.2. The summed E-state index contributed by atoms with van der Waals surface area (Å²) in [5.41, 5.74) is 1.64. The highest BCUT2D eigenvalue weighted by Gasteiger charge is 2.18. The van der Waals surface area contributed by atoms with Crippen LogP contribution in [-0.2, 0) is 26.9 Å². The van der Waals surface area contributed by atoms with Crippen molar-refractivity contribution in [3.8, 4) is 5.75 Å². The summed E-state index contributed by atoms with van der Waals surface area (Å²) in [6.07, 6.45) is -1.04. The van der Waals surface area contributed by atoms with Crippen LogP contribution < -0.4 is 4.74 Å². The molecule has 0 aliphatic rings. The molecular formula is C18H22O5S. The van der Waals surface area contributed by atoms with Gasteiger partial charge in [0.25, 0.3) is 0 Å². The Morgan fingerprint density at radius 1 is 1.00 bits per heavy atom. The fraction of sp³-hybridized carbons (Fsp3) is 0.333. The Morgan fingerprint density at radius 3 is 2.29 bits per heavy atom. The second kappa shape index (κ2) is 8.82. The van der Waals surface area contributed by atoms with E-state index in [0.29, 0.717) is 12.2 Å². The molecule has 5 nitrogen and oxygen atoms in total. The van der Waals surface area contributed by atoms with Crippen molar-refractivity contribution in [3.63, 3.8) is 0 Å². The van der Waals surface area contributed by atoms with Crippen molar-refractivity contribution >= 4 is 9.84 Å². The van der Waals surface area contributed by atoms with E-state index in [1.54, 1.807) is 31.4 Å². The van der Waals surface area contributed by atoms with E-state index < -0.39 is 15.9 Å². The van der Waals surface area contributed by atoms with Crippen LogP contribution in [0.5, 0.6) is 5.75 Å². The van der Waals surface area contributed by atoms with Gasteiger partial charge in [0.15, 0.2) is 9.84 Å². The summed E-state index contributed by atoms with van der Waals surface area (Å²) in [7, 11) is -1.79. The Hall–Kier alpha value is -1.89. The average molecular weight is 350 g/mol. The molecule has 0 radical (unpaired) electrons. The number of hydrogen-bond acceptors (Lipinski definition) is 5. The molecule has 1 N–H and O–H groups in total. The van der Waals surface area contributed by atoms with Gasteiger partial charge in [0.05, 0.1) is 37.9 Å². The van der Waals surface area contributed by atoms with Gasteiger partial charge in [-0.2, -0.15) is 0 Å². The summed E-state index contributed by atoms with van der Waals surface area (Å²) in [6, 6.07) is 16.3. The molecule has 6 heteroatoms. The average Bonchev–Trinajstić information content (AvgIpc) is 2.55. The van der Waals surface area contributed by atoms with Crippen LogP contribution >= 0.6 is 0 Å². The van der Waals surface area contributed by atoms with Crippen LogP contribution in [0.3, 0.4) is 0 Å². The number of ether oxygens (including phenoxy) is 2. The molecule has 0 aliphatic heterocycles. The topological polar surface area (TPSA) is 72.8 Å². The fourth-order valence-corrected chi connectivity index (χ4v) is 3.76. The summed E-state index contributed by atoms with van der Waals surface area (Å²) in [5.74, 6) is 0.360. The van der Waals surface area contributed by atoms with E-state index in [0.717, 1.165) is 11.3 Å². The van der Waals surface area contributed by atoms with Gasteiger partial charge in [0, 0.05) is 0 Å². The quantitative estimate of drug-likeness (QED) is 0.750. The van der Waals surface area contributed by atoms with Crippen LogP contribution in [0.15, 0.2) is 54.6 Å². The van der Waals surface area contributed by atoms with Crippen molar-refractivity contribution in [1.82, 2.24) is 0 Å². The Balaban J connectivity index is 1.76. The van der Waals surface area contributed by atoms with E-state index in [-0.39, 0.29) is 18.1 Å². The molecule has 2 aromatic carbocycles. The molecule has 2 rings (SSSR count). The van der Waals surface area contributed by atoms with Crippen molar-refractivity contribution in [2.24, 2.45) is 0 Å². The molecule has 0 spiro atoms. The lowest BCUT2D eigenvalue weighted by Gasteiger charge is -2.12. The molecule has 130 valence electrons. The zero-order valence-electron chi connectivity index (χ0n) is 13.6. The number of benzene rings is 2. The van der Waals surface area contributed by atoms with E-state index in [9.17, 15) is 13.5 Å². The first-order valence-corrected chi connectivity index (χ1v) is 9.44. The molecule has 24 heavy (non-hydrogen) atoms. The van der Waals surface area contributed by atoms with Crippen molar-refractivity contribution in [2.75, 3.05) is 19.5 Å². The minimum atomic E-state index is -3.38. The van der Waals surface area contributed by atoms with Crippen LogP contribution in [0.4, 0.5) is 0 Å². The van der Waals surface area contributed by atoms with Crippen LogP contribution in [0.2, 0.25) is 0 Å². The summed E-state index contributed by atoms with van der Waals surface area (Å²) in [5, 5.41) is 9.90. The molecule has 0 saturated carbocycles. The molecular weight excluding hydrogens is 328 g/mol. The Morgan fingerprint density at radius 2 is 1.67 bits per heavy atom. The lowest BCUT2D eigenvalue weighted by Crippen LogP contribution is -2.26. The van der Waals surface area contributed by atoms with Gasteiger partial charge in [-0.1, -0.05) is 42.5 Å². The maximum Gasteiger partial charge on any atom is 0.157 e. The number of hydrogen-bond donors (Lipinski definition) is 1. The first-order chi connectivity index (χ1) is 11.5. The number of methoxy groups -OCH3 is 1. The van der Waals surface area contributed by atoms with Gasteiger partial charge in [-0.3, -0.25) is 0 Å². The van der Waals surface area contributed by atoms with Gasteiger partial charge in [-0.25, -0.2) is 8.42 Å². The van der Waals surface area contributed by atoms with E-state index in [4.69, 9.17) is 9.47 Å². The summed E-state index contributed by atoms with van der Waals surface area (Å²) in [6.45, 7) is 0.278. The van der Waals surface area contributed by atoms with Crippen LogP contribution in [0, 0.1) is 0 Å². The van der Waals surface area contributed by atoms with Crippen LogP contribution in [-0.4, -0.2) is 39.1 Å². The molecule has 2 aromatic rings. The molecule has 0 aliphatic carbocycles. The third-order valence-corrected chi connectivity index (χ3v) is 5.08. The van der Waals surface area contributed by atoms with E-state index in [1.807, 2.05) is 30.3 Å². The number of rotatable bonds is 9. The smallest absolute Gasteiger partial charge is 0.157 e. The maximum absolute atomic E-state index is 12.1. The van der Waals surface area contributed by atoms with Crippen molar-refractivity contribution < 1.29 is 23.0 Å². The lowest BCUT2D eigenvalue weighted by molar-refractivity contribution is 0.0390. The maximum atomic E-state index is 12.1. The molecule has 0 fully saturated rings. The summed E-state index contributed by atoms with van der Waals surface area (Å²) >= 11 is 0. The van der Waals surface area contributed by atoms with Gasteiger partial charge < -0.3 is 14.6 Å². The van der Waals surface area contributed by atoms with Gasteiger partial charge in [-0.15, -0.1) is 0 Å². The minimum Gasteiger partial charge on any atom is -0.497 e. The monoisotopic (exact) mass is 350 g/mol. The predicted octanol–water partition coefficient (Wildman–Crippen LogP) is 2.19. The first-order valence-electron chi connectivity index (χ1n) is 7.61. The van der Waals surface area contributed by atoms with Crippen molar-refractivity contribution in [2.45, 2.75) is 18.5 Å². The van der Waals surface area contributed by atoms with Gasteiger partial charge >= 0.3 is 0 Å². The fourth-order valence-electron chi connectivity index (χ4n) is 2.26. The third kappa shape index (κ3) is 6.31. The molecule has 0 heterocycles. The van der Waals surface area contributed by atoms with Crippen LogP contribution in [0.25, 0.3) is 0 Å². The standard InChI is InChI=1S/C18H22O5S/c1-22-18-9-7-15(8-10-18)11-23-12-17(19)14-24(20,21)13-16-5-3-2-4-6-16/h2-10,17,19H,11-14H2,1H3/t17-/m0/s1. The Labute approximate surface area is 142 Å². The van der Waals surface area contributed by atoms with E-state index >= 15 is 0 Å². The van der Waals surface area contributed by atoms with E-state index in [1.165, 1.54) is 0 Å². The van der Waals surface area contributed by atoms with E-state index in [2.05, 4.69) is 0 Å². The zero-order valence-corrected chi connectivity index (χ0v) is 14.4. The second-order valence-electron chi connectivity index (χ2n) is 5.56. The highest BCUT2D eigenvalue weighted by molar-refractivity contribution is 7.90. The molecule has 0 bridgehead atoms.